The zero-order valence-electron chi connectivity index (χ0n) is 9.12. The van der Waals surface area contributed by atoms with Gasteiger partial charge in [0.25, 0.3) is 0 Å². The summed E-state index contributed by atoms with van der Waals surface area (Å²) >= 11 is 5.64. The van der Waals surface area contributed by atoms with Gasteiger partial charge in [0.05, 0.1) is 11.6 Å². The molecule has 8 heteroatoms. The molecule has 2 amide bonds. The number of ether oxygens (including phenoxy) is 1. The van der Waals surface area contributed by atoms with E-state index in [1.807, 2.05) is 0 Å². The van der Waals surface area contributed by atoms with Crippen LogP contribution in [0.4, 0.5) is 19.3 Å². The number of aliphatic hydroxyl groups is 1. The minimum absolute atomic E-state index is 0.0108. The number of aliphatic hydroxyl groups excluding tert-OH is 1. The van der Waals surface area contributed by atoms with E-state index < -0.39 is 12.6 Å². The highest BCUT2D eigenvalue weighted by Gasteiger charge is 2.10. The normalized spacial score (nSPS) is 10.3. The highest BCUT2D eigenvalue weighted by molar-refractivity contribution is 6.32. The highest BCUT2D eigenvalue weighted by atomic mass is 35.5. The molecular formula is C10H11ClF2N2O3. The molecule has 0 aliphatic rings. The number of amides is 2. The topological polar surface area (TPSA) is 70.6 Å². The van der Waals surface area contributed by atoms with Gasteiger partial charge in [-0.25, -0.2) is 4.79 Å². The van der Waals surface area contributed by atoms with Crippen LogP contribution in [0.15, 0.2) is 18.2 Å². The lowest BCUT2D eigenvalue weighted by Crippen LogP contribution is -2.30. The summed E-state index contributed by atoms with van der Waals surface area (Å²) in [5.74, 6) is -0.230. The molecule has 0 bridgehead atoms. The van der Waals surface area contributed by atoms with Gasteiger partial charge in [-0.3, -0.25) is 0 Å². The van der Waals surface area contributed by atoms with Crippen molar-refractivity contribution in [1.82, 2.24) is 5.32 Å². The van der Waals surface area contributed by atoms with Crippen LogP contribution in [0.5, 0.6) is 5.75 Å². The SMILES string of the molecule is O=C(NCCO)Nc1ccc(Cl)c(OC(F)F)c1. The molecule has 0 aliphatic heterocycles. The van der Waals surface area contributed by atoms with Gasteiger partial charge in [-0.2, -0.15) is 8.78 Å². The van der Waals surface area contributed by atoms with Crippen LogP contribution in [-0.4, -0.2) is 30.9 Å². The Kier molecular flexibility index (Phi) is 5.60. The first-order valence-electron chi connectivity index (χ1n) is 4.93. The molecule has 0 heterocycles. The first kappa shape index (κ1) is 14.5. The molecule has 100 valence electrons. The van der Waals surface area contributed by atoms with E-state index in [0.717, 1.165) is 0 Å². The summed E-state index contributed by atoms with van der Waals surface area (Å²) in [6.07, 6.45) is 0. The van der Waals surface area contributed by atoms with Gasteiger partial charge < -0.3 is 20.5 Å². The number of anilines is 1. The molecule has 5 nitrogen and oxygen atoms in total. The Bertz CT molecular complexity index is 418. The van der Waals surface area contributed by atoms with Crippen molar-refractivity contribution in [3.8, 4) is 5.75 Å². The van der Waals surface area contributed by atoms with Crippen molar-refractivity contribution in [2.24, 2.45) is 0 Å². The van der Waals surface area contributed by atoms with Gasteiger partial charge in [0.15, 0.2) is 0 Å². The van der Waals surface area contributed by atoms with E-state index in [4.69, 9.17) is 16.7 Å². The second-order valence-electron chi connectivity index (χ2n) is 3.13. The molecule has 0 aromatic heterocycles. The number of hydrogen-bond donors (Lipinski definition) is 3. The zero-order chi connectivity index (χ0) is 13.5. The number of halogens is 3. The molecule has 0 unspecified atom stereocenters. The van der Waals surface area contributed by atoms with E-state index in [2.05, 4.69) is 15.4 Å². The van der Waals surface area contributed by atoms with Crippen molar-refractivity contribution in [3.63, 3.8) is 0 Å². The van der Waals surface area contributed by atoms with Crippen LogP contribution in [-0.2, 0) is 0 Å². The minimum Gasteiger partial charge on any atom is -0.433 e. The number of rotatable bonds is 5. The smallest absolute Gasteiger partial charge is 0.387 e. The number of urea groups is 1. The Morgan fingerprint density at radius 3 is 2.83 bits per heavy atom. The largest absolute Gasteiger partial charge is 0.433 e. The van der Waals surface area contributed by atoms with Gasteiger partial charge in [-0.1, -0.05) is 11.6 Å². The van der Waals surface area contributed by atoms with Crippen LogP contribution in [0.1, 0.15) is 0 Å². The van der Waals surface area contributed by atoms with Gasteiger partial charge >= 0.3 is 12.6 Å². The fraction of sp³-hybridized carbons (Fsp3) is 0.300. The average molecular weight is 281 g/mol. The summed E-state index contributed by atoms with van der Waals surface area (Å²) in [5.41, 5.74) is 0.241. The third-order valence-electron chi connectivity index (χ3n) is 1.80. The predicted molar refractivity (Wildman–Crippen MR) is 62.2 cm³/mol. The number of alkyl halides is 2. The fourth-order valence-electron chi connectivity index (χ4n) is 1.11. The fourth-order valence-corrected chi connectivity index (χ4v) is 1.27. The zero-order valence-corrected chi connectivity index (χ0v) is 9.88. The van der Waals surface area contributed by atoms with Crippen LogP contribution >= 0.6 is 11.6 Å². The lowest BCUT2D eigenvalue weighted by molar-refractivity contribution is -0.0497. The van der Waals surface area contributed by atoms with Crippen LogP contribution in [0.2, 0.25) is 5.02 Å². The Labute approximate surface area is 107 Å². The molecule has 0 atom stereocenters. The molecule has 18 heavy (non-hydrogen) atoms. The number of carbonyl (C=O) groups excluding carboxylic acids is 1. The van der Waals surface area contributed by atoms with Gasteiger partial charge in [0.2, 0.25) is 0 Å². The molecule has 1 aromatic rings. The molecule has 0 fully saturated rings. The summed E-state index contributed by atoms with van der Waals surface area (Å²) in [5, 5.41) is 13.2. The lowest BCUT2D eigenvalue weighted by Gasteiger charge is -2.10. The van der Waals surface area contributed by atoms with Crippen LogP contribution in [0, 0.1) is 0 Å². The third-order valence-corrected chi connectivity index (χ3v) is 2.11. The Morgan fingerprint density at radius 1 is 1.50 bits per heavy atom. The predicted octanol–water partition coefficient (Wildman–Crippen LogP) is 2.06. The quantitative estimate of drug-likeness (QED) is 0.773. The van der Waals surface area contributed by atoms with Crippen molar-refractivity contribution in [1.29, 1.82) is 0 Å². The standard InChI is InChI=1S/C10H11ClF2N2O3/c11-7-2-1-6(5-8(7)18-9(12)13)15-10(17)14-3-4-16/h1-2,5,9,16H,3-4H2,(H2,14,15,17). The second-order valence-corrected chi connectivity index (χ2v) is 3.54. The minimum atomic E-state index is -3.00. The maximum Gasteiger partial charge on any atom is 0.387 e. The van der Waals surface area contributed by atoms with E-state index in [9.17, 15) is 13.6 Å². The first-order valence-corrected chi connectivity index (χ1v) is 5.31. The third kappa shape index (κ3) is 4.72. The Balaban J connectivity index is 2.69. The number of benzene rings is 1. The van der Waals surface area contributed by atoms with E-state index in [-0.39, 0.29) is 29.6 Å². The van der Waals surface area contributed by atoms with Crippen molar-refractivity contribution >= 4 is 23.3 Å². The molecule has 0 spiro atoms. The molecule has 0 saturated carbocycles. The summed E-state index contributed by atoms with van der Waals surface area (Å²) in [7, 11) is 0. The average Bonchev–Trinajstić information content (AvgIpc) is 2.30. The molecule has 3 N–H and O–H groups in total. The lowest BCUT2D eigenvalue weighted by atomic mass is 10.3. The van der Waals surface area contributed by atoms with Gasteiger partial charge in [0, 0.05) is 18.3 Å². The Morgan fingerprint density at radius 2 is 2.22 bits per heavy atom. The van der Waals surface area contributed by atoms with E-state index >= 15 is 0 Å². The molecular weight excluding hydrogens is 270 g/mol. The van der Waals surface area contributed by atoms with Crippen LogP contribution in [0.3, 0.4) is 0 Å². The number of hydrogen-bond acceptors (Lipinski definition) is 3. The monoisotopic (exact) mass is 280 g/mol. The van der Waals surface area contributed by atoms with Crippen molar-refractivity contribution in [2.75, 3.05) is 18.5 Å². The Hall–Kier alpha value is -1.60. The van der Waals surface area contributed by atoms with E-state index in [0.29, 0.717) is 0 Å². The molecule has 0 aliphatic carbocycles. The molecule has 0 saturated heterocycles. The summed E-state index contributed by atoms with van der Waals surface area (Å²) in [6.45, 7) is -3.12. The molecule has 1 aromatic carbocycles. The van der Waals surface area contributed by atoms with E-state index in [1.54, 1.807) is 0 Å². The molecule has 1 rings (SSSR count). The van der Waals surface area contributed by atoms with Crippen molar-refractivity contribution in [3.05, 3.63) is 23.2 Å². The first-order chi connectivity index (χ1) is 8.52. The van der Waals surface area contributed by atoms with Gasteiger partial charge in [-0.05, 0) is 12.1 Å². The van der Waals surface area contributed by atoms with Crippen LogP contribution < -0.4 is 15.4 Å². The summed E-state index contributed by atoms with van der Waals surface area (Å²) in [6, 6.07) is 3.35. The summed E-state index contributed by atoms with van der Waals surface area (Å²) < 4.78 is 28.3. The second kappa shape index (κ2) is 6.97. The van der Waals surface area contributed by atoms with Gasteiger partial charge in [0.1, 0.15) is 5.75 Å². The maximum atomic E-state index is 12.1. The summed E-state index contributed by atoms with van der Waals surface area (Å²) in [4.78, 5) is 11.2. The number of nitrogens with one attached hydrogen (secondary N) is 2. The maximum absolute atomic E-state index is 12.1. The highest BCUT2D eigenvalue weighted by Crippen LogP contribution is 2.29. The number of carbonyl (C=O) groups is 1. The van der Waals surface area contributed by atoms with E-state index in [1.165, 1.54) is 18.2 Å². The van der Waals surface area contributed by atoms with Gasteiger partial charge in [-0.15, -0.1) is 0 Å². The van der Waals surface area contributed by atoms with Crippen molar-refractivity contribution in [2.45, 2.75) is 6.61 Å². The van der Waals surface area contributed by atoms with Crippen LogP contribution in [0.25, 0.3) is 0 Å². The van der Waals surface area contributed by atoms with Crippen molar-refractivity contribution < 1.29 is 23.4 Å². The molecule has 0 radical (unpaired) electrons.